The summed E-state index contributed by atoms with van der Waals surface area (Å²) in [4.78, 5) is 14.4. The van der Waals surface area contributed by atoms with E-state index >= 15 is 0 Å². The first-order valence-corrected chi connectivity index (χ1v) is 9.84. The van der Waals surface area contributed by atoms with Gasteiger partial charge in [-0.2, -0.15) is 5.10 Å². The Morgan fingerprint density at radius 3 is 2.48 bits per heavy atom. The summed E-state index contributed by atoms with van der Waals surface area (Å²) >= 11 is 3.44. The second kappa shape index (κ2) is 10.1. The zero-order chi connectivity index (χ0) is 19.8. The van der Waals surface area contributed by atoms with Crippen molar-refractivity contribution in [3.8, 4) is 5.75 Å². The molecule has 6 heteroatoms. The average Bonchev–Trinajstić information content (AvgIpc) is 2.66. The number of hydrazone groups is 1. The molecule has 0 radical (unpaired) electrons. The van der Waals surface area contributed by atoms with E-state index in [0.717, 1.165) is 28.7 Å². The number of nitrogens with zero attached hydrogens (tertiary/aromatic N) is 2. The molecular formula is C21H26BrN3O2. The Kier molecular flexibility index (Phi) is 7.85. The van der Waals surface area contributed by atoms with Crippen molar-refractivity contribution < 1.29 is 9.53 Å². The largest absolute Gasteiger partial charge is 0.480 e. The number of nitrogens with one attached hydrogen (secondary N) is 1. The Balaban J connectivity index is 1.90. The van der Waals surface area contributed by atoms with Crippen molar-refractivity contribution in [2.45, 2.75) is 33.8 Å². The number of ether oxygens (including phenoxy) is 1. The highest BCUT2D eigenvalue weighted by molar-refractivity contribution is 9.10. The Labute approximate surface area is 169 Å². The fraction of sp³-hybridized carbons (Fsp3) is 0.333. The highest BCUT2D eigenvalue weighted by Crippen LogP contribution is 2.26. The molecule has 0 fully saturated rings. The lowest BCUT2D eigenvalue weighted by Crippen LogP contribution is -2.33. The van der Waals surface area contributed by atoms with Gasteiger partial charge in [0, 0.05) is 18.8 Å². The van der Waals surface area contributed by atoms with Crippen LogP contribution in [0.15, 0.2) is 52.0 Å². The third-order valence-electron chi connectivity index (χ3n) is 4.17. The van der Waals surface area contributed by atoms with Crippen LogP contribution >= 0.6 is 15.9 Å². The van der Waals surface area contributed by atoms with Gasteiger partial charge >= 0.3 is 0 Å². The van der Waals surface area contributed by atoms with E-state index in [1.165, 1.54) is 5.69 Å². The van der Waals surface area contributed by atoms with Crippen molar-refractivity contribution in [3.63, 3.8) is 0 Å². The lowest BCUT2D eigenvalue weighted by molar-refractivity contribution is -0.127. The monoisotopic (exact) mass is 431 g/mol. The summed E-state index contributed by atoms with van der Waals surface area (Å²) < 4.78 is 6.51. The maximum atomic E-state index is 12.2. The summed E-state index contributed by atoms with van der Waals surface area (Å²) in [6.07, 6.45) is 0.963. The molecule has 5 nitrogen and oxygen atoms in total. The van der Waals surface area contributed by atoms with E-state index in [1.807, 2.05) is 37.3 Å². The number of carbonyl (C=O) groups is 1. The number of anilines is 1. The van der Waals surface area contributed by atoms with Gasteiger partial charge in [-0.15, -0.1) is 0 Å². The van der Waals surface area contributed by atoms with Gasteiger partial charge in [-0.05, 0) is 79.0 Å². The van der Waals surface area contributed by atoms with Crippen LogP contribution in [-0.2, 0) is 4.79 Å². The van der Waals surface area contributed by atoms with Gasteiger partial charge in [0.05, 0.1) is 10.7 Å². The molecule has 1 N–H and O–H groups in total. The average molecular weight is 432 g/mol. The first kappa shape index (κ1) is 21.0. The summed E-state index contributed by atoms with van der Waals surface area (Å²) in [5, 5.41) is 4.03. The van der Waals surface area contributed by atoms with Crippen LogP contribution in [0.25, 0.3) is 0 Å². The normalized spacial score (nSPS) is 12.0. The van der Waals surface area contributed by atoms with Crippen molar-refractivity contribution in [2.75, 3.05) is 18.0 Å². The van der Waals surface area contributed by atoms with Gasteiger partial charge in [-0.25, -0.2) is 5.43 Å². The third kappa shape index (κ3) is 6.10. The number of aryl methyl sites for hydroxylation is 1. The maximum Gasteiger partial charge on any atom is 0.280 e. The Bertz CT molecular complexity index is 787. The van der Waals surface area contributed by atoms with Crippen molar-refractivity contribution in [1.29, 1.82) is 0 Å². The van der Waals surface area contributed by atoms with Crippen molar-refractivity contribution in [3.05, 3.63) is 58.1 Å². The van der Waals surface area contributed by atoms with Gasteiger partial charge in [-0.3, -0.25) is 4.79 Å². The number of amides is 1. The fourth-order valence-corrected chi connectivity index (χ4v) is 3.15. The van der Waals surface area contributed by atoms with E-state index in [0.29, 0.717) is 5.75 Å². The summed E-state index contributed by atoms with van der Waals surface area (Å²) in [5.74, 6) is 0.317. The van der Waals surface area contributed by atoms with Gasteiger partial charge in [-0.1, -0.05) is 18.2 Å². The Morgan fingerprint density at radius 1 is 1.22 bits per heavy atom. The number of rotatable bonds is 8. The highest BCUT2D eigenvalue weighted by atomic mass is 79.9. The number of halogens is 1. The minimum atomic E-state index is -0.661. The van der Waals surface area contributed by atoms with E-state index in [9.17, 15) is 4.79 Å². The van der Waals surface area contributed by atoms with Crippen molar-refractivity contribution in [2.24, 2.45) is 5.10 Å². The zero-order valence-electron chi connectivity index (χ0n) is 16.2. The van der Waals surface area contributed by atoms with Crippen LogP contribution in [0.3, 0.4) is 0 Å². The molecule has 1 atom stereocenters. The van der Waals surface area contributed by atoms with E-state index < -0.39 is 6.10 Å². The van der Waals surface area contributed by atoms with Crippen LogP contribution in [0.4, 0.5) is 5.69 Å². The molecular weight excluding hydrogens is 406 g/mol. The van der Waals surface area contributed by atoms with Gasteiger partial charge in [0.2, 0.25) is 0 Å². The van der Waals surface area contributed by atoms with E-state index in [2.05, 4.69) is 57.3 Å². The van der Waals surface area contributed by atoms with E-state index in [-0.39, 0.29) is 5.91 Å². The van der Waals surface area contributed by atoms with E-state index in [4.69, 9.17) is 4.74 Å². The van der Waals surface area contributed by atoms with E-state index in [1.54, 1.807) is 13.1 Å². The first-order valence-electron chi connectivity index (χ1n) is 9.05. The predicted octanol–water partition coefficient (Wildman–Crippen LogP) is 4.52. The zero-order valence-corrected chi connectivity index (χ0v) is 17.8. The molecule has 0 aliphatic heterocycles. The van der Waals surface area contributed by atoms with Crippen LogP contribution in [0, 0.1) is 6.92 Å². The summed E-state index contributed by atoms with van der Waals surface area (Å²) in [6, 6.07) is 13.8. The molecule has 0 saturated carbocycles. The molecule has 2 rings (SSSR count). The van der Waals surface area contributed by atoms with Crippen molar-refractivity contribution >= 4 is 33.7 Å². The number of carbonyl (C=O) groups excluding carboxylic acids is 1. The third-order valence-corrected chi connectivity index (χ3v) is 4.79. The van der Waals surface area contributed by atoms with Crippen molar-refractivity contribution in [1.82, 2.24) is 5.43 Å². The van der Waals surface area contributed by atoms with Gasteiger partial charge in [0.1, 0.15) is 5.75 Å². The molecule has 0 heterocycles. The summed E-state index contributed by atoms with van der Waals surface area (Å²) in [7, 11) is 0. The number of benzene rings is 2. The van der Waals surface area contributed by atoms with Gasteiger partial charge in [0.25, 0.3) is 5.91 Å². The molecule has 2 aromatic rings. The minimum Gasteiger partial charge on any atom is -0.480 e. The molecule has 27 heavy (non-hydrogen) atoms. The fourth-order valence-electron chi connectivity index (χ4n) is 2.57. The lowest BCUT2D eigenvalue weighted by Gasteiger charge is -2.20. The smallest absolute Gasteiger partial charge is 0.280 e. The molecule has 0 bridgehead atoms. The van der Waals surface area contributed by atoms with Gasteiger partial charge < -0.3 is 9.64 Å². The van der Waals surface area contributed by atoms with Crippen LogP contribution in [0.2, 0.25) is 0 Å². The Morgan fingerprint density at radius 2 is 1.89 bits per heavy atom. The molecule has 0 spiro atoms. The molecule has 0 aromatic heterocycles. The minimum absolute atomic E-state index is 0.307. The molecule has 1 amide bonds. The topological polar surface area (TPSA) is 53.9 Å². The van der Waals surface area contributed by atoms with Crippen LogP contribution in [0.5, 0.6) is 5.75 Å². The molecule has 144 valence electrons. The Hall–Kier alpha value is -2.34. The summed E-state index contributed by atoms with van der Waals surface area (Å²) in [6.45, 7) is 9.88. The summed E-state index contributed by atoms with van der Waals surface area (Å²) in [5.41, 5.74) is 5.73. The molecule has 0 saturated heterocycles. The first-order chi connectivity index (χ1) is 12.9. The van der Waals surface area contributed by atoms with Crippen LogP contribution in [0.1, 0.15) is 31.9 Å². The molecule has 0 aliphatic rings. The molecule has 2 aromatic carbocycles. The van der Waals surface area contributed by atoms with Crippen LogP contribution < -0.4 is 15.1 Å². The number of hydrogen-bond acceptors (Lipinski definition) is 4. The second-order valence-electron chi connectivity index (χ2n) is 6.19. The molecule has 0 aliphatic carbocycles. The SMILES string of the molecule is CCN(CC)c1ccc(C=NNC(=O)C(C)Oc2ccc(C)cc2Br)cc1. The van der Waals surface area contributed by atoms with Crippen LogP contribution in [-0.4, -0.2) is 31.3 Å². The van der Waals surface area contributed by atoms with Gasteiger partial charge in [0.15, 0.2) is 6.10 Å². The quantitative estimate of drug-likeness (QED) is 0.493. The highest BCUT2D eigenvalue weighted by Gasteiger charge is 2.15. The maximum absolute atomic E-state index is 12.2. The predicted molar refractivity (Wildman–Crippen MR) is 115 cm³/mol. The number of hydrogen-bond donors (Lipinski definition) is 1. The second-order valence-corrected chi connectivity index (χ2v) is 7.05. The lowest BCUT2D eigenvalue weighted by atomic mass is 10.2. The molecule has 1 unspecified atom stereocenters. The standard InChI is InChI=1S/C21H26BrN3O2/c1-5-25(6-2)18-10-8-17(9-11-18)14-23-24-21(26)16(4)27-20-12-7-15(3)13-19(20)22/h7-14,16H,5-6H2,1-4H3,(H,24,26).